The fourth-order valence-electron chi connectivity index (χ4n) is 5.02. The molecule has 1 aliphatic carbocycles. The SMILES string of the molecule is Cc1cc(-n2c(OCCc3ccc(S(=O)(=O)C4CC4)cc3)nc3c(c2=O)CCN(C(=O)O)[C@H]3C)cc(C)c1F. The molecule has 1 atom stereocenters. The van der Waals surface area contributed by atoms with Gasteiger partial charge in [-0.1, -0.05) is 12.1 Å². The predicted molar refractivity (Wildman–Crippen MR) is 142 cm³/mol. The van der Waals surface area contributed by atoms with E-state index in [9.17, 15) is 27.5 Å². The molecular formula is C28H30FN3O6S. The van der Waals surface area contributed by atoms with Crippen LogP contribution in [0.3, 0.4) is 0 Å². The molecule has 0 saturated heterocycles. The number of carbonyl (C=O) groups is 1. The van der Waals surface area contributed by atoms with E-state index in [4.69, 9.17) is 4.74 Å². The maximum absolute atomic E-state index is 14.4. The first-order chi connectivity index (χ1) is 18.5. The number of benzene rings is 2. The van der Waals surface area contributed by atoms with E-state index in [-0.39, 0.29) is 42.2 Å². The van der Waals surface area contributed by atoms with Crippen molar-refractivity contribution in [1.82, 2.24) is 14.5 Å². The zero-order valence-corrected chi connectivity index (χ0v) is 22.8. The van der Waals surface area contributed by atoms with Crippen molar-refractivity contribution in [2.45, 2.75) is 62.6 Å². The van der Waals surface area contributed by atoms with Crippen molar-refractivity contribution < 1.29 is 27.4 Å². The van der Waals surface area contributed by atoms with Crippen LogP contribution in [0.4, 0.5) is 9.18 Å². The molecule has 1 N–H and O–H groups in total. The number of hydrogen-bond acceptors (Lipinski definition) is 6. The second-order valence-electron chi connectivity index (χ2n) is 10.2. The Morgan fingerprint density at radius 1 is 1.15 bits per heavy atom. The largest absolute Gasteiger partial charge is 0.465 e. The second-order valence-corrected chi connectivity index (χ2v) is 12.4. The van der Waals surface area contributed by atoms with Gasteiger partial charge in [0.05, 0.1) is 34.2 Å². The number of carboxylic acid groups (broad SMARTS) is 1. The van der Waals surface area contributed by atoms with Gasteiger partial charge in [-0.2, -0.15) is 4.98 Å². The number of ether oxygens (including phenoxy) is 1. The lowest BCUT2D eigenvalue weighted by Gasteiger charge is -2.32. The Hall–Kier alpha value is -3.73. The molecule has 0 bridgehead atoms. The first-order valence-electron chi connectivity index (χ1n) is 12.9. The molecule has 11 heteroatoms. The van der Waals surface area contributed by atoms with E-state index in [1.165, 1.54) is 9.47 Å². The summed E-state index contributed by atoms with van der Waals surface area (Å²) in [6.07, 6.45) is 0.910. The Bertz CT molecular complexity index is 1590. The summed E-state index contributed by atoms with van der Waals surface area (Å²) in [4.78, 5) is 31.6. The lowest BCUT2D eigenvalue weighted by molar-refractivity contribution is 0.122. The second kappa shape index (κ2) is 10.1. The molecule has 1 aliphatic heterocycles. The molecule has 2 aliphatic rings. The summed E-state index contributed by atoms with van der Waals surface area (Å²) in [6, 6.07) is 9.13. The number of nitrogens with zero attached hydrogens (tertiary/aromatic N) is 3. The first-order valence-corrected chi connectivity index (χ1v) is 14.4. The van der Waals surface area contributed by atoms with Crippen molar-refractivity contribution in [3.8, 4) is 11.7 Å². The molecule has 1 saturated carbocycles. The van der Waals surface area contributed by atoms with Gasteiger partial charge in [-0.25, -0.2) is 22.2 Å². The van der Waals surface area contributed by atoms with Gasteiger partial charge in [0.15, 0.2) is 9.84 Å². The molecule has 2 aromatic carbocycles. The van der Waals surface area contributed by atoms with Gasteiger partial charge in [0.25, 0.3) is 5.56 Å². The molecule has 2 heterocycles. The Kier molecular flexibility index (Phi) is 6.96. The summed E-state index contributed by atoms with van der Waals surface area (Å²) in [5.74, 6) is -0.363. The summed E-state index contributed by atoms with van der Waals surface area (Å²) in [6.45, 7) is 5.19. The van der Waals surface area contributed by atoms with E-state index in [1.807, 2.05) is 0 Å². The number of halogens is 1. The highest BCUT2D eigenvalue weighted by Gasteiger charge is 2.37. The van der Waals surface area contributed by atoms with Crippen molar-refractivity contribution in [3.63, 3.8) is 0 Å². The summed E-state index contributed by atoms with van der Waals surface area (Å²) in [5.41, 5.74) is 2.34. The smallest absolute Gasteiger partial charge is 0.407 e. The third kappa shape index (κ3) is 5.03. The Morgan fingerprint density at radius 3 is 2.38 bits per heavy atom. The van der Waals surface area contributed by atoms with Gasteiger partial charge in [0.2, 0.25) is 0 Å². The van der Waals surface area contributed by atoms with E-state index < -0.39 is 22.0 Å². The summed E-state index contributed by atoms with van der Waals surface area (Å²) in [7, 11) is -3.27. The number of hydrogen-bond donors (Lipinski definition) is 1. The first kappa shape index (κ1) is 26.9. The minimum absolute atomic E-state index is 0.0174. The maximum atomic E-state index is 14.4. The van der Waals surface area contributed by atoms with Crippen LogP contribution in [0.1, 0.15) is 53.8 Å². The maximum Gasteiger partial charge on any atom is 0.407 e. The number of rotatable bonds is 7. The number of aromatic nitrogens is 2. The van der Waals surface area contributed by atoms with Gasteiger partial charge in [0.1, 0.15) is 5.82 Å². The van der Waals surface area contributed by atoms with Gasteiger partial charge in [0, 0.05) is 18.5 Å². The average Bonchev–Trinajstić information content (AvgIpc) is 3.74. The lowest BCUT2D eigenvalue weighted by Crippen LogP contribution is -2.42. The van der Waals surface area contributed by atoms with Gasteiger partial charge < -0.3 is 9.84 Å². The molecule has 0 spiro atoms. The third-order valence-electron chi connectivity index (χ3n) is 7.41. The summed E-state index contributed by atoms with van der Waals surface area (Å²) < 4.78 is 46.6. The van der Waals surface area contributed by atoms with Gasteiger partial charge >= 0.3 is 12.1 Å². The van der Waals surface area contributed by atoms with Crippen LogP contribution < -0.4 is 10.3 Å². The van der Waals surface area contributed by atoms with Crippen LogP contribution in [0.25, 0.3) is 5.69 Å². The standard InChI is InChI=1S/C28H30FN3O6S/c1-16-14-20(15-17(2)24(16)29)32-26(33)23-10-12-31(28(34)35)18(3)25(23)30-27(32)38-13-11-19-4-6-21(7-5-19)39(36,37)22-8-9-22/h4-7,14-15,18,22H,8-13H2,1-3H3,(H,34,35)/t18-/m0/s1. The van der Waals surface area contributed by atoms with Crippen LogP contribution in [0.15, 0.2) is 46.1 Å². The van der Waals surface area contributed by atoms with Gasteiger partial charge in [-0.15, -0.1) is 0 Å². The highest BCUT2D eigenvalue weighted by Crippen LogP contribution is 2.33. The number of aryl methyl sites for hydroxylation is 2. The highest BCUT2D eigenvalue weighted by atomic mass is 32.2. The normalized spacial score (nSPS) is 17.1. The van der Waals surface area contributed by atoms with E-state index in [0.717, 1.165) is 5.56 Å². The van der Waals surface area contributed by atoms with Crippen molar-refractivity contribution in [2.75, 3.05) is 13.2 Å². The molecular weight excluding hydrogens is 525 g/mol. The molecule has 1 amide bonds. The van der Waals surface area contributed by atoms with Crippen LogP contribution in [0, 0.1) is 19.7 Å². The topological polar surface area (TPSA) is 119 Å². The number of sulfone groups is 1. The van der Waals surface area contributed by atoms with Crippen molar-refractivity contribution >= 4 is 15.9 Å². The zero-order valence-electron chi connectivity index (χ0n) is 22.0. The molecule has 0 radical (unpaired) electrons. The number of fused-ring (bicyclic) bond motifs is 1. The van der Waals surface area contributed by atoms with Crippen LogP contribution in [-0.4, -0.2) is 52.5 Å². The monoisotopic (exact) mass is 555 g/mol. The van der Waals surface area contributed by atoms with E-state index in [0.29, 0.717) is 52.2 Å². The molecule has 1 aromatic heterocycles. The molecule has 0 unspecified atom stereocenters. The van der Waals surface area contributed by atoms with Crippen LogP contribution in [-0.2, 0) is 22.7 Å². The van der Waals surface area contributed by atoms with E-state index in [2.05, 4.69) is 4.98 Å². The fourth-order valence-corrected chi connectivity index (χ4v) is 6.68. The quantitative estimate of drug-likeness (QED) is 0.465. The predicted octanol–water partition coefficient (Wildman–Crippen LogP) is 4.14. The number of amides is 1. The molecule has 5 rings (SSSR count). The fraction of sp³-hybridized carbons (Fsp3) is 0.393. The molecule has 39 heavy (non-hydrogen) atoms. The zero-order chi connectivity index (χ0) is 28.1. The highest BCUT2D eigenvalue weighted by molar-refractivity contribution is 7.92. The van der Waals surface area contributed by atoms with Crippen molar-refractivity contribution in [1.29, 1.82) is 0 Å². The summed E-state index contributed by atoms with van der Waals surface area (Å²) >= 11 is 0. The van der Waals surface area contributed by atoms with E-state index in [1.54, 1.807) is 57.2 Å². The van der Waals surface area contributed by atoms with Crippen molar-refractivity contribution in [2.24, 2.45) is 0 Å². The van der Waals surface area contributed by atoms with Crippen LogP contribution in [0.5, 0.6) is 6.01 Å². The minimum Gasteiger partial charge on any atom is -0.465 e. The van der Waals surface area contributed by atoms with Crippen molar-refractivity contribution in [3.05, 3.63) is 80.5 Å². The molecule has 1 fully saturated rings. The summed E-state index contributed by atoms with van der Waals surface area (Å²) in [5, 5.41) is 9.29. The van der Waals surface area contributed by atoms with E-state index >= 15 is 0 Å². The van der Waals surface area contributed by atoms with Gasteiger partial charge in [-0.3, -0.25) is 9.69 Å². The average molecular weight is 556 g/mol. The Morgan fingerprint density at radius 2 is 1.79 bits per heavy atom. The molecule has 206 valence electrons. The van der Waals surface area contributed by atoms with Gasteiger partial charge in [-0.05, 0) is 81.0 Å². The molecule has 3 aromatic rings. The minimum atomic E-state index is -3.27. The third-order valence-corrected chi connectivity index (χ3v) is 9.68. The molecule has 9 nitrogen and oxygen atoms in total. The van der Waals surface area contributed by atoms with Crippen LogP contribution in [0.2, 0.25) is 0 Å². The Labute approximate surface area is 225 Å². The lowest BCUT2D eigenvalue weighted by atomic mass is 10.00. The Balaban J connectivity index is 1.47. The van der Waals surface area contributed by atoms with Crippen LogP contribution >= 0.6 is 0 Å².